The molecule has 2 aromatic rings. The minimum Gasteiger partial charge on any atom is -0.335 e. The summed E-state index contributed by atoms with van der Waals surface area (Å²) in [6.45, 7) is 0.291. The first-order valence-electron chi connectivity index (χ1n) is 11.7. The summed E-state index contributed by atoms with van der Waals surface area (Å²) in [6, 6.07) is 11.7. The van der Waals surface area contributed by atoms with E-state index in [0.717, 1.165) is 19.1 Å². The largest absolute Gasteiger partial charge is 0.335 e. The number of sulfonamides is 1. The molecule has 188 valence electrons. The van der Waals surface area contributed by atoms with Crippen LogP contribution in [0.5, 0.6) is 0 Å². The quantitative estimate of drug-likeness (QED) is 0.622. The Morgan fingerprint density at radius 3 is 2.37 bits per heavy atom. The zero-order valence-corrected chi connectivity index (χ0v) is 20.1. The monoisotopic (exact) mass is 507 g/mol. The molecule has 35 heavy (non-hydrogen) atoms. The van der Waals surface area contributed by atoms with Crippen molar-refractivity contribution in [2.45, 2.75) is 56.2 Å². The van der Waals surface area contributed by atoms with E-state index in [0.29, 0.717) is 23.2 Å². The van der Waals surface area contributed by atoms with Crippen LogP contribution in [-0.2, 0) is 16.4 Å². The second-order valence-electron chi connectivity index (χ2n) is 10.2. The minimum absolute atomic E-state index is 0.0929. The van der Waals surface area contributed by atoms with Gasteiger partial charge in [-0.05, 0) is 30.4 Å². The average molecular weight is 508 g/mol. The van der Waals surface area contributed by atoms with Crippen LogP contribution in [0, 0.1) is 11.2 Å². The molecular formula is C25H28F3N3O3S. The first kappa shape index (κ1) is 24.1. The number of alkyl halides is 2. The number of hydrogen-bond acceptors (Lipinski definition) is 3. The molecule has 2 aliphatic carbocycles. The Hall–Kier alpha value is -2.59. The molecule has 2 saturated carbocycles. The van der Waals surface area contributed by atoms with Gasteiger partial charge >= 0.3 is 6.03 Å². The topological polar surface area (TPSA) is 78.5 Å². The van der Waals surface area contributed by atoms with Gasteiger partial charge < -0.3 is 10.2 Å². The number of amides is 2. The van der Waals surface area contributed by atoms with Gasteiger partial charge in [-0.25, -0.2) is 31.1 Å². The molecule has 2 atom stereocenters. The number of hydrogen-bond donors (Lipinski definition) is 2. The Kier molecular flexibility index (Phi) is 5.87. The van der Waals surface area contributed by atoms with Crippen LogP contribution in [0.3, 0.4) is 0 Å². The van der Waals surface area contributed by atoms with Crippen molar-refractivity contribution < 1.29 is 26.4 Å². The van der Waals surface area contributed by atoms with E-state index in [1.807, 2.05) is 18.2 Å². The maximum atomic E-state index is 15.6. The number of likely N-dealkylation sites (tertiary alicyclic amines) is 1. The third-order valence-corrected chi connectivity index (χ3v) is 8.12. The van der Waals surface area contributed by atoms with Crippen molar-refractivity contribution in [2.75, 3.05) is 12.8 Å². The lowest BCUT2D eigenvalue weighted by atomic mass is 9.88. The van der Waals surface area contributed by atoms with Gasteiger partial charge in [-0.15, -0.1) is 0 Å². The van der Waals surface area contributed by atoms with Crippen LogP contribution in [0.4, 0.5) is 18.0 Å². The molecule has 1 aliphatic heterocycles. The smallest absolute Gasteiger partial charge is 0.317 e. The number of carbonyl (C=O) groups excluding carboxylic acids is 1. The van der Waals surface area contributed by atoms with E-state index in [4.69, 9.17) is 0 Å². The molecule has 0 radical (unpaired) electrons. The van der Waals surface area contributed by atoms with Gasteiger partial charge in [-0.2, -0.15) is 0 Å². The van der Waals surface area contributed by atoms with Gasteiger partial charge in [0.2, 0.25) is 10.0 Å². The zero-order valence-electron chi connectivity index (χ0n) is 19.3. The van der Waals surface area contributed by atoms with E-state index in [9.17, 15) is 22.0 Å². The lowest BCUT2D eigenvalue weighted by molar-refractivity contribution is -0.0903. The maximum Gasteiger partial charge on any atom is 0.317 e. The van der Waals surface area contributed by atoms with Gasteiger partial charge in [-0.1, -0.05) is 48.5 Å². The molecule has 6 nitrogen and oxygen atoms in total. The Balaban J connectivity index is 1.45. The van der Waals surface area contributed by atoms with E-state index in [2.05, 4.69) is 10.0 Å². The van der Waals surface area contributed by atoms with E-state index >= 15 is 4.39 Å². The van der Waals surface area contributed by atoms with Gasteiger partial charge in [-0.3, -0.25) is 0 Å². The fourth-order valence-electron chi connectivity index (χ4n) is 5.48. The summed E-state index contributed by atoms with van der Waals surface area (Å²) in [4.78, 5) is 14.7. The predicted octanol–water partition coefficient (Wildman–Crippen LogP) is 3.92. The second-order valence-corrected chi connectivity index (χ2v) is 12.0. The highest BCUT2D eigenvalue weighted by Crippen LogP contribution is 2.55. The molecule has 0 bridgehead atoms. The molecule has 10 heteroatoms. The molecule has 3 aliphatic rings. The Bertz CT molecular complexity index is 1230. The number of rotatable bonds is 6. The number of carbonyl (C=O) groups is 1. The maximum absolute atomic E-state index is 15.6. The van der Waals surface area contributed by atoms with E-state index in [1.165, 1.54) is 4.90 Å². The van der Waals surface area contributed by atoms with Gasteiger partial charge in [0.1, 0.15) is 5.82 Å². The zero-order chi connectivity index (χ0) is 25.0. The fourth-order valence-corrected chi connectivity index (χ4v) is 6.35. The first-order valence-corrected chi connectivity index (χ1v) is 13.6. The van der Waals surface area contributed by atoms with Gasteiger partial charge in [0, 0.05) is 42.4 Å². The number of benzene rings is 2. The summed E-state index contributed by atoms with van der Waals surface area (Å²) in [5, 5.41) is 2.67. The molecule has 5 rings (SSSR count). The molecule has 0 aromatic heterocycles. The van der Waals surface area contributed by atoms with Crippen molar-refractivity contribution in [3.05, 3.63) is 59.9 Å². The highest BCUT2D eigenvalue weighted by molar-refractivity contribution is 7.88. The number of halogens is 3. The molecule has 0 unspecified atom stereocenters. The van der Waals surface area contributed by atoms with Crippen LogP contribution in [-0.4, -0.2) is 56.2 Å². The average Bonchev–Trinajstić information content (AvgIpc) is 3.49. The van der Waals surface area contributed by atoms with E-state index < -0.39 is 64.2 Å². The summed E-state index contributed by atoms with van der Waals surface area (Å²) in [5.41, 5.74) is 1.07. The summed E-state index contributed by atoms with van der Waals surface area (Å²) < 4.78 is 69.3. The lowest BCUT2D eigenvalue weighted by Crippen LogP contribution is -2.56. The van der Waals surface area contributed by atoms with Crippen molar-refractivity contribution in [3.63, 3.8) is 0 Å². The van der Waals surface area contributed by atoms with Crippen LogP contribution in [0.1, 0.15) is 31.2 Å². The third kappa shape index (κ3) is 4.91. The fraction of sp³-hybridized carbons (Fsp3) is 0.480. The predicted molar refractivity (Wildman–Crippen MR) is 126 cm³/mol. The first-order chi connectivity index (χ1) is 16.5. The highest BCUT2D eigenvalue weighted by atomic mass is 32.2. The molecule has 2 N–H and O–H groups in total. The van der Waals surface area contributed by atoms with Crippen molar-refractivity contribution >= 4 is 16.1 Å². The van der Waals surface area contributed by atoms with E-state index in [1.54, 1.807) is 30.3 Å². The van der Waals surface area contributed by atoms with Crippen molar-refractivity contribution in [2.24, 2.45) is 5.41 Å². The molecule has 1 heterocycles. The summed E-state index contributed by atoms with van der Waals surface area (Å²) >= 11 is 0. The number of nitrogens with zero attached hydrogens (tertiary/aromatic N) is 1. The summed E-state index contributed by atoms with van der Waals surface area (Å²) in [5.74, 6) is -3.20. The molecule has 2 amide bonds. The molecule has 1 spiro atoms. The van der Waals surface area contributed by atoms with Crippen LogP contribution < -0.4 is 10.0 Å². The second kappa shape index (κ2) is 8.51. The molecular weight excluding hydrogens is 479 g/mol. The van der Waals surface area contributed by atoms with E-state index in [-0.39, 0.29) is 6.42 Å². The Labute approximate surface area is 202 Å². The molecule has 3 fully saturated rings. The van der Waals surface area contributed by atoms with Crippen LogP contribution in [0.2, 0.25) is 0 Å². The SMILES string of the molecule is CS(=O)(=O)N[C@@H]1[C@H](Cc2cccc(-c3ccccc3)c2F)N(C(=O)NC2CC(F)(F)C2)CC12CC2. The molecule has 1 saturated heterocycles. The summed E-state index contributed by atoms with van der Waals surface area (Å²) in [6.07, 6.45) is 1.79. The van der Waals surface area contributed by atoms with Crippen LogP contribution in [0.15, 0.2) is 48.5 Å². The van der Waals surface area contributed by atoms with Crippen molar-refractivity contribution in [1.29, 1.82) is 0 Å². The van der Waals surface area contributed by atoms with Crippen molar-refractivity contribution in [1.82, 2.24) is 14.9 Å². The lowest BCUT2D eigenvalue weighted by Gasteiger charge is -2.37. The minimum atomic E-state index is -3.61. The van der Waals surface area contributed by atoms with Crippen LogP contribution >= 0.6 is 0 Å². The van der Waals surface area contributed by atoms with Gasteiger partial charge in [0.05, 0.1) is 12.3 Å². The Morgan fingerprint density at radius 1 is 1.09 bits per heavy atom. The third-order valence-electron chi connectivity index (χ3n) is 7.43. The summed E-state index contributed by atoms with van der Waals surface area (Å²) in [7, 11) is -3.61. The normalized spacial score (nSPS) is 24.9. The van der Waals surface area contributed by atoms with Gasteiger partial charge in [0.15, 0.2) is 0 Å². The number of urea groups is 1. The van der Waals surface area contributed by atoms with Gasteiger partial charge in [0.25, 0.3) is 5.92 Å². The Morgan fingerprint density at radius 2 is 1.77 bits per heavy atom. The standard InChI is InChI=1S/C25H28F3N3O3S/c1-35(33,34)30-22-20(12-17-8-5-9-19(21(17)26)16-6-3-2-4-7-16)31(15-24(22)10-11-24)23(32)29-18-13-25(27,28)14-18/h2-9,18,20,22,30H,10-15H2,1H3,(H,29,32)/t20-,22+/m0/s1. The van der Waals surface area contributed by atoms with Crippen LogP contribution in [0.25, 0.3) is 11.1 Å². The number of nitrogens with one attached hydrogen (secondary N) is 2. The highest BCUT2D eigenvalue weighted by Gasteiger charge is 2.61. The molecule has 2 aromatic carbocycles. The van der Waals surface area contributed by atoms with Crippen molar-refractivity contribution in [3.8, 4) is 11.1 Å².